The fraction of sp³-hybridized carbons (Fsp3) is 0.308. The van der Waals surface area contributed by atoms with E-state index >= 15 is 0 Å². The highest BCUT2D eigenvalue weighted by atomic mass is 32.2. The third-order valence-electron chi connectivity index (χ3n) is 2.86. The Morgan fingerprint density at radius 1 is 1.52 bits per heavy atom. The molecule has 112 valence electrons. The number of hydrogen-bond donors (Lipinski definition) is 2. The minimum Gasteiger partial charge on any atom is -0.337 e. The van der Waals surface area contributed by atoms with Gasteiger partial charge in [-0.3, -0.25) is 0 Å². The molecule has 0 fully saturated rings. The molecule has 6 nitrogen and oxygen atoms in total. The second-order valence-electron chi connectivity index (χ2n) is 4.33. The van der Waals surface area contributed by atoms with Crippen LogP contribution >= 0.6 is 11.3 Å². The van der Waals surface area contributed by atoms with E-state index in [1.54, 1.807) is 18.5 Å². The van der Waals surface area contributed by atoms with Gasteiger partial charge in [-0.25, -0.2) is 18.1 Å². The van der Waals surface area contributed by atoms with Gasteiger partial charge in [0.2, 0.25) is 0 Å². The summed E-state index contributed by atoms with van der Waals surface area (Å²) in [5.41, 5.74) is 6.14. The van der Waals surface area contributed by atoms with Crippen molar-refractivity contribution >= 4 is 21.4 Å². The summed E-state index contributed by atoms with van der Waals surface area (Å²) in [5, 5.41) is 1.89. The Kier molecular flexibility index (Phi) is 4.80. The SMILES string of the molecule is Cc1nc(S(=O)(=O)NCc2sccc2C#CCN)cn1C. The maximum Gasteiger partial charge on any atom is 0.259 e. The van der Waals surface area contributed by atoms with Crippen LogP contribution in [0.15, 0.2) is 22.7 Å². The highest BCUT2D eigenvalue weighted by molar-refractivity contribution is 7.89. The van der Waals surface area contributed by atoms with Crippen LogP contribution in [0.1, 0.15) is 16.3 Å². The largest absolute Gasteiger partial charge is 0.337 e. The van der Waals surface area contributed by atoms with Crippen LogP contribution < -0.4 is 10.5 Å². The first-order valence-electron chi connectivity index (χ1n) is 6.19. The van der Waals surface area contributed by atoms with Crippen LogP contribution in [0, 0.1) is 18.8 Å². The zero-order chi connectivity index (χ0) is 15.5. The van der Waals surface area contributed by atoms with Crippen LogP contribution in [0.25, 0.3) is 0 Å². The quantitative estimate of drug-likeness (QED) is 0.805. The van der Waals surface area contributed by atoms with Crippen LogP contribution in [0.2, 0.25) is 0 Å². The van der Waals surface area contributed by atoms with Gasteiger partial charge in [0.1, 0.15) is 5.82 Å². The van der Waals surface area contributed by atoms with Crippen LogP contribution in [0.4, 0.5) is 0 Å². The maximum absolute atomic E-state index is 12.2. The number of rotatable bonds is 4. The highest BCUT2D eigenvalue weighted by Gasteiger charge is 2.18. The first-order valence-corrected chi connectivity index (χ1v) is 8.55. The summed E-state index contributed by atoms with van der Waals surface area (Å²) in [6.45, 7) is 2.21. The van der Waals surface area contributed by atoms with Crippen molar-refractivity contribution in [3.63, 3.8) is 0 Å². The summed E-state index contributed by atoms with van der Waals surface area (Å²) in [5.74, 6) is 6.33. The molecule has 2 heterocycles. The number of thiophene rings is 1. The maximum atomic E-state index is 12.2. The molecule has 8 heteroatoms. The van der Waals surface area contributed by atoms with Crippen LogP contribution in [0.5, 0.6) is 0 Å². The minimum atomic E-state index is -3.62. The molecule has 0 bridgehead atoms. The lowest BCUT2D eigenvalue weighted by molar-refractivity contribution is 0.578. The van der Waals surface area contributed by atoms with E-state index in [4.69, 9.17) is 5.73 Å². The molecular weight excluding hydrogens is 308 g/mol. The Morgan fingerprint density at radius 2 is 2.29 bits per heavy atom. The van der Waals surface area contributed by atoms with Crippen LogP contribution in [-0.2, 0) is 23.6 Å². The van der Waals surface area contributed by atoms with Gasteiger partial charge in [0.05, 0.1) is 6.54 Å². The summed E-state index contributed by atoms with van der Waals surface area (Å²) in [7, 11) is -1.87. The lowest BCUT2D eigenvalue weighted by atomic mass is 10.2. The fourth-order valence-electron chi connectivity index (χ4n) is 1.63. The number of nitrogens with two attached hydrogens (primary N) is 1. The van der Waals surface area contributed by atoms with Gasteiger partial charge >= 0.3 is 0 Å². The van der Waals surface area contributed by atoms with Crippen molar-refractivity contribution in [1.82, 2.24) is 14.3 Å². The van der Waals surface area contributed by atoms with Crippen molar-refractivity contribution < 1.29 is 8.42 Å². The van der Waals surface area contributed by atoms with E-state index in [1.165, 1.54) is 17.5 Å². The first kappa shape index (κ1) is 15.7. The molecule has 0 saturated heterocycles. The molecule has 0 saturated carbocycles. The lowest BCUT2D eigenvalue weighted by Crippen LogP contribution is -2.23. The third-order valence-corrected chi connectivity index (χ3v) is 5.05. The van der Waals surface area contributed by atoms with E-state index < -0.39 is 10.0 Å². The van der Waals surface area contributed by atoms with Crippen molar-refractivity contribution in [1.29, 1.82) is 0 Å². The number of aryl methyl sites for hydroxylation is 2. The zero-order valence-electron chi connectivity index (χ0n) is 11.8. The van der Waals surface area contributed by atoms with Gasteiger partial charge in [-0.05, 0) is 18.4 Å². The predicted octanol–water partition coefficient (Wildman–Crippen LogP) is 0.579. The molecule has 0 spiro atoms. The van der Waals surface area contributed by atoms with E-state index in [1.807, 2.05) is 11.4 Å². The molecule has 2 aromatic rings. The second-order valence-corrected chi connectivity index (χ2v) is 7.04. The monoisotopic (exact) mass is 324 g/mol. The van der Waals surface area contributed by atoms with Crippen molar-refractivity contribution in [3.8, 4) is 11.8 Å². The number of nitrogens with one attached hydrogen (secondary N) is 1. The number of imidazole rings is 1. The first-order chi connectivity index (χ1) is 9.94. The molecule has 0 aliphatic carbocycles. The number of sulfonamides is 1. The van der Waals surface area contributed by atoms with Crippen molar-refractivity contribution in [3.05, 3.63) is 33.9 Å². The van der Waals surface area contributed by atoms with E-state index in [-0.39, 0.29) is 18.1 Å². The molecule has 0 atom stereocenters. The van der Waals surface area contributed by atoms with Gasteiger partial charge in [0, 0.05) is 30.2 Å². The summed E-state index contributed by atoms with van der Waals surface area (Å²) in [6.07, 6.45) is 1.49. The summed E-state index contributed by atoms with van der Waals surface area (Å²) in [6, 6.07) is 1.85. The van der Waals surface area contributed by atoms with E-state index in [0.717, 1.165) is 10.4 Å². The molecule has 0 radical (unpaired) electrons. The zero-order valence-corrected chi connectivity index (χ0v) is 13.4. The topological polar surface area (TPSA) is 90.0 Å². The van der Waals surface area contributed by atoms with E-state index in [0.29, 0.717) is 5.82 Å². The van der Waals surface area contributed by atoms with Crippen molar-refractivity contribution in [2.24, 2.45) is 12.8 Å². The Balaban J connectivity index is 2.14. The Bertz CT molecular complexity index is 774. The van der Waals surface area contributed by atoms with Crippen molar-refractivity contribution in [2.75, 3.05) is 6.54 Å². The van der Waals surface area contributed by atoms with Crippen LogP contribution in [0.3, 0.4) is 0 Å². The second kappa shape index (κ2) is 6.41. The predicted molar refractivity (Wildman–Crippen MR) is 82.2 cm³/mol. The fourth-order valence-corrected chi connectivity index (χ4v) is 3.52. The average Bonchev–Trinajstić information content (AvgIpc) is 3.02. The number of nitrogens with zero attached hydrogens (tertiary/aromatic N) is 2. The average molecular weight is 324 g/mol. The van der Waals surface area contributed by atoms with E-state index in [9.17, 15) is 8.42 Å². The molecule has 0 aliphatic rings. The Labute approximate surface area is 128 Å². The molecular formula is C13H16N4O2S2. The number of hydrogen-bond acceptors (Lipinski definition) is 5. The smallest absolute Gasteiger partial charge is 0.259 e. The summed E-state index contributed by atoms with van der Waals surface area (Å²) >= 11 is 1.45. The Hall–Kier alpha value is -1.66. The van der Waals surface area contributed by atoms with Gasteiger partial charge in [-0.15, -0.1) is 11.3 Å². The Morgan fingerprint density at radius 3 is 2.90 bits per heavy atom. The number of aromatic nitrogens is 2. The standard InChI is InChI=1S/C13H16N4O2S2/c1-10-16-13(9-17(10)2)21(18,19)15-8-12-11(4-3-6-14)5-7-20-12/h5,7,9,15H,6,8,14H2,1-2H3. The van der Waals surface area contributed by atoms with Crippen molar-refractivity contribution in [2.45, 2.75) is 18.5 Å². The molecule has 2 rings (SSSR count). The highest BCUT2D eigenvalue weighted by Crippen LogP contribution is 2.17. The van der Waals surface area contributed by atoms with Crippen LogP contribution in [-0.4, -0.2) is 24.5 Å². The molecule has 3 N–H and O–H groups in total. The molecule has 0 unspecified atom stereocenters. The van der Waals surface area contributed by atoms with Gasteiger partial charge in [0.25, 0.3) is 10.0 Å². The third kappa shape index (κ3) is 3.71. The molecule has 0 aliphatic heterocycles. The molecule has 0 amide bonds. The van der Waals surface area contributed by atoms with Gasteiger partial charge in [0.15, 0.2) is 5.03 Å². The van der Waals surface area contributed by atoms with E-state index in [2.05, 4.69) is 21.5 Å². The normalized spacial score (nSPS) is 11.2. The van der Waals surface area contributed by atoms with Gasteiger partial charge in [-0.1, -0.05) is 11.8 Å². The van der Waals surface area contributed by atoms with Gasteiger partial charge < -0.3 is 10.3 Å². The summed E-state index contributed by atoms with van der Waals surface area (Å²) < 4.78 is 28.6. The molecule has 2 aromatic heterocycles. The minimum absolute atomic E-state index is 0.0219. The lowest BCUT2D eigenvalue weighted by Gasteiger charge is -2.03. The molecule has 21 heavy (non-hydrogen) atoms. The summed E-state index contributed by atoms with van der Waals surface area (Å²) in [4.78, 5) is 4.88. The van der Waals surface area contributed by atoms with Gasteiger partial charge in [-0.2, -0.15) is 0 Å². The molecule has 0 aromatic carbocycles.